The average Bonchev–Trinajstić information content (AvgIpc) is 2.77. The maximum Gasteiger partial charge on any atom is 0.255 e. The zero-order valence-corrected chi connectivity index (χ0v) is 18.1. The fraction of sp³-hybridized carbons (Fsp3) is 0.435. The highest BCUT2D eigenvalue weighted by molar-refractivity contribution is 5.97. The van der Waals surface area contributed by atoms with Gasteiger partial charge in [0.05, 0.1) is 31.9 Å². The molecule has 0 heterocycles. The predicted molar refractivity (Wildman–Crippen MR) is 115 cm³/mol. The van der Waals surface area contributed by atoms with E-state index in [1.165, 1.54) is 0 Å². The Hall–Kier alpha value is -2.77. The highest BCUT2D eigenvalue weighted by atomic mass is 16.5. The second-order valence-corrected chi connectivity index (χ2v) is 6.49. The van der Waals surface area contributed by atoms with Gasteiger partial charge in [-0.15, -0.1) is 0 Å². The van der Waals surface area contributed by atoms with Crippen molar-refractivity contribution in [3.8, 4) is 17.2 Å². The van der Waals surface area contributed by atoms with Gasteiger partial charge < -0.3 is 29.0 Å². The Balaban J connectivity index is 2.05. The quantitative estimate of drug-likeness (QED) is 0.502. The van der Waals surface area contributed by atoms with Crippen LogP contribution in [0.3, 0.4) is 0 Å². The monoisotopic (exact) mass is 417 g/mol. The summed E-state index contributed by atoms with van der Waals surface area (Å²) in [5, 5.41) is 3.01. The number of hydrogen-bond acceptors (Lipinski definition) is 6. The van der Waals surface area contributed by atoms with E-state index in [9.17, 15) is 4.79 Å². The molecule has 1 amide bonds. The van der Waals surface area contributed by atoms with Gasteiger partial charge in [-0.2, -0.15) is 0 Å². The minimum absolute atomic E-state index is 0.214. The molecule has 2 aromatic rings. The molecule has 0 aromatic heterocycles. The van der Waals surface area contributed by atoms with Crippen molar-refractivity contribution in [2.75, 3.05) is 47.3 Å². The summed E-state index contributed by atoms with van der Waals surface area (Å²) in [4.78, 5) is 12.8. The number of nitrogens with one attached hydrogen (secondary N) is 1. The second kappa shape index (κ2) is 12.7. The molecule has 1 N–H and O–H groups in total. The van der Waals surface area contributed by atoms with Gasteiger partial charge in [0.25, 0.3) is 5.91 Å². The van der Waals surface area contributed by atoms with Crippen molar-refractivity contribution >= 4 is 5.91 Å². The summed E-state index contributed by atoms with van der Waals surface area (Å²) in [6.45, 7) is 6.24. The van der Waals surface area contributed by atoms with Gasteiger partial charge in [0, 0.05) is 13.7 Å². The Bertz CT molecular complexity index is 795. The molecule has 0 saturated carbocycles. The van der Waals surface area contributed by atoms with Gasteiger partial charge in [-0.25, -0.2) is 0 Å². The van der Waals surface area contributed by atoms with Gasteiger partial charge >= 0.3 is 0 Å². The molecule has 7 nitrogen and oxygen atoms in total. The molecule has 0 bridgehead atoms. The molecule has 1 atom stereocenters. The van der Waals surface area contributed by atoms with Gasteiger partial charge in [0.15, 0.2) is 11.5 Å². The molecule has 30 heavy (non-hydrogen) atoms. The van der Waals surface area contributed by atoms with E-state index in [0.29, 0.717) is 55.8 Å². The van der Waals surface area contributed by atoms with Gasteiger partial charge in [0.1, 0.15) is 19.0 Å². The third kappa shape index (κ3) is 6.93. The zero-order chi connectivity index (χ0) is 21.8. The van der Waals surface area contributed by atoms with Crippen LogP contribution in [0.2, 0.25) is 0 Å². The molecule has 0 aliphatic carbocycles. The molecule has 0 radical (unpaired) electrons. The molecule has 0 saturated heterocycles. The van der Waals surface area contributed by atoms with Crippen LogP contribution in [0.25, 0.3) is 0 Å². The molecule has 0 aliphatic heterocycles. The van der Waals surface area contributed by atoms with E-state index < -0.39 is 0 Å². The summed E-state index contributed by atoms with van der Waals surface area (Å²) in [5.74, 6) is 1.55. The Kier molecular flexibility index (Phi) is 9.97. The first-order valence-electron chi connectivity index (χ1n) is 10.0. The molecule has 0 fully saturated rings. The van der Waals surface area contributed by atoms with Crippen LogP contribution in [-0.2, 0) is 9.47 Å². The smallest absolute Gasteiger partial charge is 0.255 e. The predicted octanol–water partition coefficient (Wildman–Crippen LogP) is 3.63. The Morgan fingerprint density at radius 1 is 0.933 bits per heavy atom. The van der Waals surface area contributed by atoms with Crippen LogP contribution in [0.1, 0.15) is 35.8 Å². The lowest BCUT2D eigenvalue weighted by atomic mass is 10.1. The Labute approximate surface area is 178 Å². The van der Waals surface area contributed by atoms with Crippen LogP contribution in [0.15, 0.2) is 42.5 Å². The zero-order valence-electron chi connectivity index (χ0n) is 18.1. The highest BCUT2D eigenvalue weighted by Gasteiger charge is 2.17. The number of para-hydroxylation sites is 1. The van der Waals surface area contributed by atoms with Crippen LogP contribution in [0.4, 0.5) is 0 Å². The number of carbonyl (C=O) groups excluding carboxylic acids is 1. The van der Waals surface area contributed by atoms with Crippen molar-refractivity contribution in [1.29, 1.82) is 0 Å². The number of methoxy groups -OCH3 is 2. The number of amides is 1. The lowest BCUT2D eigenvalue weighted by molar-refractivity contribution is 0.0923. The molecular formula is C23H31NO6. The summed E-state index contributed by atoms with van der Waals surface area (Å²) >= 11 is 0. The summed E-state index contributed by atoms with van der Waals surface area (Å²) in [7, 11) is 3.21. The first-order valence-corrected chi connectivity index (χ1v) is 10.0. The number of ether oxygens (including phenoxy) is 5. The highest BCUT2D eigenvalue weighted by Crippen LogP contribution is 2.30. The Morgan fingerprint density at radius 2 is 1.67 bits per heavy atom. The minimum Gasteiger partial charge on any atom is -0.493 e. The molecule has 0 spiro atoms. The van der Waals surface area contributed by atoms with Crippen LogP contribution in [-0.4, -0.2) is 53.2 Å². The van der Waals surface area contributed by atoms with E-state index in [1.807, 2.05) is 44.2 Å². The molecule has 2 aromatic carbocycles. The maximum atomic E-state index is 12.8. The number of hydrogen-bond donors (Lipinski definition) is 1. The summed E-state index contributed by atoms with van der Waals surface area (Å²) in [5.41, 5.74) is 1.38. The topological polar surface area (TPSA) is 75.3 Å². The number of benzene rings is 2. The lowest BCUT2D eigenvalue weighted by Crippen LogP contribution is -2.27. The minimum atomic E-state index is -0.240. The van der Waals surface area contributed by atoms with E-state index in [4.69, 9.17) is 23.7 Å². The second-order valence-electron chi connectivity index (χ2n) is 6.49. The SMILES string of the molecule is CCOCCOc1ccccc1C(=O)NC(C)c1ccc(OCCOC)c(OC)c1. The first-order chi connectivity index (χ1) is 14.6. The van der Waals surface area contributed by atoms with Gasteiger partial charge in [-0.05, 0) is 43.7 Å². The molecule has 2 rings (SSSR count). The molecule has 1 unspecified atom stereocenters. The first kappa shape index (κ1) is 23.5. The van der Waals surface area contributed by atoms with Crippen LogP contribution < -0.4 is 19.5 Å². The van der Waals surface area contributed by atoms with Crippen molar-refractivity contribution in [1.82, 2.24) is 5.32 Å². The van der Waals surface area contributed by atoms with Gasteiger partial charge in [-0.1, -0.05) is 18.2 Å². The van der Waals surface area contributed by atoms with Crippen molar-refractivity contribution in [3.63, 3.8) is 0 Å². The molecule has 0 aliphatic rings. The van der Waals surface area contributed by atoms with Gasteiger partial charge in [-0.3, -0.25) is 4.79 Å². The normalized spacial score (nSPS) is 11.6. The van der Waals surface area contributed by atoms with Gasteiger partial charge in [0.2, 0.25) is 0 Å². The lowest BCUT2D eigenvalue weighted by Gasteiger charge is -2.18. The number of carbonyl (C=O) groups is 1. The molecular weight excluding hydrogens is 386 g/mol. The van der Waals surface area contributed by atoms with E-state index in [-0.39, 0.29) is 11.9 Å². The van der Waals surface area contributed by atoms with E-state index in [0.717, 1.165) is 5.56 Å². The van der Waals surface area contributed by atoms with E-state index >= 15 is 0 Å². The van der Waals surface area contributed by atoms with Crippen molar-refractivity contribution in [2.24, 2.45) is 0 Å². The molecule has 164 valence electrons. The maximum absolute atomic E-state index is 12.8. The average molecular weight is 418 g/mol. The molecule has 7 heteroatoms. The fourth-order valence-corrected chi connectivity index (χ4v) is 2.80. The van der Waals surface area contributed by atoms with Crippen molar-refractivity contribution in [2.45, 2.75) is 19.9 Å². The largest absolute Gasteiger partial charge is 0.493 e. The van der Waals surface area contributed by atoms with Crippen molar-refractivity contribution in [3.05, 3.63) is 53.6 Å². The van der Waals surface area contributed by atoms with E-state index in [2.05, 4.69) is 5.32 Å². The Morgan fingerprint density at radius 3 is 2.40 bits per heavy atom. The summed E-state index contributed by atoms with van der Waals surface area (Å²) in [6, 6.07) is 12.5. The van der Waals surface area contributed by atoms with Crippen LogP contribution in [0, 0.1) is 0 Å². The van der Waals surface area contributed by atoms with Crippen LogP contribution in [0.5, 0.6) is 17.2 Å². The summed E-state index contributed by atoms with van der Waals surface area (Å²) < 4.78 is 27.1. The van der Waals surface area contributed by atoms with Crippen molar-refractivity contribution < 1.29 is 28.5 Å². The third-order valence-corrected chi connectivity index (χ3v) is 4.40. The van der Waals surface area contributed by atoms with E-state index in [1.54, 1.807) is 26.4 Å². The fourth-order valence-electron chi connectivity index (χ4n) is 2.80. The van der Waals surface area contributed by atoms with Crippen LogP contribution >= 0.6 is 0 Å². The number of rotatable bonds is 13. The third-order valence-electron chi connectivity index (χ3n) is 4.40. The summed E-state index contributed by atoms with van der Waals surface area (Å²) in [6.07, 6.45) is 0. The standard InChI is InChI=1S/C23H31NO6/c1-5-28-13-15-29-20-9-7-6-8-19(20)23(25)24-17(2)18-10-11-21(22(16-18)27-4)30-14-12-26-3/h6-11,16-17H,5,12-15H2,1-4H3,(H,24,25).